The lowest BCUT2D eigenvalue weighted by Crippen LogP contribution is -2.43. The molecule has 3 rings (SSSR count). The first-order valence-electron chi connectivity index (χ1n) is 8.43. The number of hydrogen-bond acceptors (Lipinski definition) is 4. The van der Waals surface area contributed by atoms with Crippen molar-refractivity contribution >= 4 is 21.6 Å². The number of sulfone groups is 1. The minimum Gasteiger partial charge on any atom is -0.497 e. The summed E-state index contributed by atoms with van der Waals surface area (Å²) in [4.78, 5) is 14.5. The molecule has 7 heteroatoms. The van der Waals surface area contributed by atoms with E-state index in [-0.39, 0.29) is 23.6 Å². The maximum atomic E-state index is 12.9. The van der Waals surface area contributed by atoms with Gasteiger partial charge < -0.3 is 15.0 Å². The van der Waals surface area contributed by atoms with Crippen molar-refractivity contribution in [3.05, 3.63) is 60.2 Å². The van der Waals surface area contributed by atoms with Crippen LogP contribution in [0.4, 0.5) is 10.5 Å². The Balaban J connectivity index is 1.82. The number of rotatable bonds is 5. The van der Waals surface area contributed by atoms with Crippen LogP contribution in [0, 0.1) is 0 Å². The molecule has 1 aliphatic rings. The third kappa shape index (κ3) is 4.54. The predicted molar refractivity (Wildman–Crippen MR) is 101 cm³/mol. The van der Waals surface area contributed by atoms with Crippen LogP contribution in [-0.2, 0) is 16.4 Å². The molecule has 1 N–H and O–H groups in total. The second-order valence-corrected chi connectivity index (χ2v) is 8.56. The Hall–Kier alpha value is -2.54. The predicted octanol–water partition coefficient (Wildman–Crippen LogP) is 2.92. The average molecular weight is 374 g/mol. The van der Waals surface area contributed by atoms with E-state index in [0.717, 1.165) is 5.56 Å². The maximum absolute atomic E-state index is 12.9. The van der Waals surface area contributed by atoms with E-state index >= 15 is 0 Å². The Bertz CT molecular complexity index is 868. The Labute approximate surface area is 153 Å². The highest BCUT2D eigenvalue weighted by Crippen LogP contribution is 2.23. The molecule has 0 bridgehead atoms. The summed E-state index contributed by atoms with van der Waals surface area (Å²) in [7, 11) is -1.51. The Morgan fingerprint density at radius 1 is 1.19 bits per heavy atom. The van der Waals surface area contributed by atoms with Gasteiger partial charge in [-0.05, 0) is 36.2 Å². The summed E-state index contributed by atoms with van der Waals surface area (Å²) in [5.74, 6) is 0.814. The average Bonchev–Trinajstić information content (AvgIpc) is 3.00. The molecule has 0 aromatic heterocycles. The van der Waals surface area contributed by atoms with Crippen molar-refractivity contribution in [1.29, 1.82) is 0 Å². The van der Waals surface area contributed by atoms with Crippen molar-refractivity contribution in [1.82, 2.24) is 4.90 Å². The van der Waals surface area contributed by atoms with Crippen LogP contribution in [0.1, 0.15) is 12.0 Å². The van der Waals surface area contributed by atoms with Crippen molar-refractivity contribution in [2.45, 2.75) is 19.0 Å². The van der Waals surface area contributed by atoms with E-state index in [1.165, 1.54) is 0 Å². The van der Waals surface area contributed by atoms with Crippen molar-refractivity contribution < 1.29 is 17.9 Å². The largest absolute Gasteiger partial charge is 0.497 e. The number of anilines is 1. The van der Waals surface area contributed by atoms with Gasteiger partial charge in [-0.2, -0.15) is 0 Å². The lowest BCUT2D eigenvalue weighted by Gasteiger charge is -2.28. The van der Waals surface area contributed by atoms with Crippen LogP contribution in [-0.4, -0.2) is 44.0 Å². The number of hydrogen-bond donors (Lipinski definition) is 1. The van der Waals surface area contributed by atoms with Gasteiger partial charge in [-0.1, -0.05) is 30.3 Å². The normalized spacial score (nSPS) is 18.3. The molecule has 1 atom stereocenters. The van der Waals surface area contributed by atoms with E-state index in [1.54, 1.807) is 24.1 Å². The van der Waals surface area contributed by atoms with Gasteiger partial charge in [-0.3, -0.25) is 0 Å². The molecular weight excluding hydrogens is 352 g/mol. The molecule has 0 saturated carbocycles. The summed E-state index contributed by atoms with van der Waals surface area (Å²) >= 11 is 0. The summed E-state index contributed by atoms with van der Waals surface area (Å²) < 4.78 is 29.0. The second-order valence-electron chi connectivity index (χ2n) is 6.33. The molecule has 138 valence electrons. The van der Waals surface area contributed by atoms with E-state index in [1.807, 2.05) is 42.5 Å². The van der Waals surface area contributed by atoms with Gasteiger partial charge in [-0.25, -0.2) is 13.2 Å². The SMILES string of the molecule is COc1cccc(CN(C(=O)Nc2ccccc2)C2CCS(=O)(=O)C2)c1. The first kappa shape index (κ1) is 18.3. The van der Waals surface area contributed by atoms with Gasteiger partial charge in [0.25, 0.3) is 0 Å². The van der Waals surface area contributed by atoms with Gasteiger partial charge in [0.2, 0.25) is 0 Å². The van der Waals surface area contributed by atoms with Crippen LogP contribution in [0.25, 0.3) is 0 Å². The topological polar surface area (TPSA) is 75.7 Å². The number of ether oxygens (including phenoxy) is 1. The zero-order valence-corrected chi connectivity index (χ0v) is 15.4. The number of carbonyl (C=O) groups is 1. The molecule has 26 heavy (non-hydrogen) atoms. The molecule has 1 aliphatic heterocycles. The summed E-state index contributed by atoms with van der Waals surface area (Å²) in [6.45, 7) is 0.316. The lowest BCUT2D eigenvalue weighted by molar-refractivity contribution is 0.190. The highest BCUT2D eigenvalue weighted by Gasteiger charge is 2.34. The molecule has 0 aliphatic carbocycles. The summed E-state index contributed by atoms with van der Waals surface area (Å²) in [5, 5.41) is 2.86. The van der Waals surface area contributed by atoms with Crippen LogP contribution in [0.2, 0.25) is 0 Å². The van der Waals surface area contributed by atoms with Gasteiger partial charge in [-0.15, -0.1) is 0 Å². The van der Waals surface area contributed by atoms with Crippen LogP contribution in [0.3, 0.4) is 0 Å². The Morgan fingerprint density at radius 3 is 2.62 bits per heavy atom. The number of amides is 2. The molecule has 2 amide bonds. The molecule has 1 unspecified atom stereocenters. The van der Waals surface area contributed by atoms with Crippen molar-refractivity contribution in [3.63, 3.8) is 0 Å². The second kappa shape index (κ2) is 7.78. The fourth-order valence-corrected chi connectivity index (χ4v) is 4.80. The Kier molecular flexibility index (Phi) is 5.46. The van der Waals surface area contributed by atoms with E-state index in [2.05, 4.69) is 5.32 Å². The number of urea groups is 1. The van der Waals surface area contributed by atoms with Crippen molar-refractivity contribution in [3.8, 4) is 5.75 Å². The number of carbonyl (C=O) groups excluding carboxylic acids is 1. The van der Waals surface area contributed by atoms with E-state index in [9.17, 15) is 13.2 Å². The van der Waals surface area contributed by atoms with E-state index in [0.29, 0.717) is 24.4 Å². The van der Waals surface area contributed by atoms with Crippen LogP contribution in [0.5, 0.6) is 5.75 Å². The molecule has 6 nitrogen and oxygen atoms in total. The standard InChI is InChI=1S/C19H22N2O4S/c1-25-18-9-5-6-15(12-18)13-21(17-10-11-26(23,24)14-17)19(22)20-16-7-3-2-4-8-16/h2-9,12,17H,10-11,13-14H2,1H3,(H,20,22). The molecule has 1 saturated heterocycles. The smallest absolute Gasteiger partial charge is 0.322 e. The molecule has 1 heterocycles. The maximum Gasteiger partial charge on any atom is 0.322 e. The summed E-state index contributed by atoms with van der Waals surface area (Å²) in [6, 6.07) is 15.9. The molecule has 1 fully saturated rings. The fourth-order valence-electron chi connectivity index (χ4n) is 3.07. The van der Waals surface area contributed by atoms with Gasteiger partial charge in [0.15, 0.2) is 9.84 Å². The lowest BCUT2D eigenvalue weighted by atomic mass is 10.1. The van der Waals surface area contributed by atoms with Gasteiger partial charge in [0.05, 0.1) is 18.6 Å². The van der Waals surface area contributed by atoms with Gasteiger partial charge in [0.1, 0.15) is 5.75 Å². The minimum absolute atomic E-state index is 0.000815. The zero-order chi connectivity index (χ0) is 18.6. The van der Waals surface area contributed by atoms with Gasteiger partial charge in [0, 0.05) is 18.3 Å². The van der Waals surface area contributed by atoms with Gasteiger partial charge >= 0.3 is 6.03 Å². The summed E-state index contributed by atoms with van der Waals surface area (Å²) in [6.07, 6.45) is 0.453. The molecule has 2 aromatic rings. The number of methoxy groups -OCH3 is 1. The van der Waals surface area contributed by atoms with Crippen molar-refractivity contribution in [2.24, 2.45) is 0 Å². The summed E-state index contributed by atoms with van der Waals surface area (Å²) in [5.41, 5.74) is 1.56. The number of nitrogens with zero attached hydrogens (tertiary/aromatic N) is 1. The Morgan fingerprint density at radius 2 is 1.96 bits per heavy atom. The number of nitrogens with one attached hydrogen (secondary N) is 1. The van der Waals surface area contributed by atoms with Crippen LogP contribution in [0.15, 0.2) is 54.6 Å². The molecule has 0 radical (unpaired) electrons. The highest BCUT2D eigenvalue weighted by molar-refractivity contribution is 7.91. The fraction of sp³-hybridized carbons (Fsp3) is 0.316. The highest BCUT2D eigenvalue weighted by atomic mass is 32.2. The van der Waals surface area contributed by atoms with Crippen molar-refractivity contribution in [2.75, 3.05) is 23.9 Å². The monoisotopic (exact) mass is 374 g/mol. The zero-order valence-electron chi connectivity index (χ0n) is 14.6. The first-order valence-corrected chi connectivity index (χ1v) is 10.2. The number of benzene rings is 2. The molecule has 0 spiro atoms. The third-order valence-electron chi connectivity index (χ3n) is 4.42. The van der Waals surface area contributed by atoms with E-state index in [4.69, 9.17) is 4.74 Å². The quantitative estimate of drug-likeness (QED) is 0.873. The first-order chi connectivity index (χ1) is 12.5. The minimum atomic E-state index is -3.10. The van der Waals surface area contributed by atoms with Crippen LogP contribution >= 0.6 is 0 Å². The molecular formula is C19H22N2O4S. The van der Waals surface area contributed by atoms with Crippen LogP contribution < -0.4 is 10.1 Å². The van der Waals surface area contributed by atoms with E-state index < -0.39 is 9.84 Å². The third-order valence-corrected chi connectivity index (χ3v) is 6.17. The molecule has 2 aromatic carbocycles. The number of para-hydroxylation sites is 1.